The summed E-state index contributed by atoms with van der Waals surface area (Å²) in [5.74, 6) is -0.225. The van der Waals surface area contributed by atoms with Gasteiger partial charge in [-0.1, -0.05) is 6.07 Å². The molecule has 0 spiro atoms. The van der Waals surface area contributed by atoms with E-state index in [1.54, 1.807) is 18.3 Å². The summed E-state index contributed by atoms with van der Waals surface area (Å²) >= 11 is 0. The normalized spacial score (nSPS) is 24.7. The number of aromatic hydroxyl groups is 2. The summed E-state index contributed by atoms with van der Waals surface area (Å²) in [4.78, 5) is 0. The van der Waals surface area contributed by atoms with Crippen LogP contribution in [0.3, 0.4) is 0 Å². The Morgan fingerprint density at radius 2 is 1.89 bits per heavy atom. The summed E-state index contributed by atoms with van der Waals surface area (Å²) in [7, 11) is 0. The van der Waals surface area contributed by atoms with Crippen molar-refractivity contribution in [2.75, 3.05) is 0 Å². The topological polar surface area (TPSA) is 56.1 Å². The van der Waals surface area contributed by atoms with Crippen molar-refractivity contribution in [3.63, 3.8) is 0 Å². The zero-order valence-corrected chi connectivity index (χ0v) is 10.9. The van der Waals surface area contributed by atoms with E-state index in [0.717, 1.165) is 12.8 Å². The highest BCUT2D eigenvalue weighted by molar-refractivity contribution is 5.84. The molecule has 1 aliphatic heterocycles. The van der Waals surface area contributed by atoms with Crippen LogP contribution in [0, 0.1) is 0 Å². The van der Waals surface area contributed by atoms with Crippen LogP contribution < -0.4 is 0 Å². The lowest BCUT2D eigenvalue weighted by Gasteiger charge is -2.36. The molecule has 1 aromatic carbocycles. The number of para-hydroxylation sites is 1. The van der Waals surface area contributed by atoms with Crippen LogP contribution in [0.1, 0.15) is 38.7 Å². The maximum atomic E-state index is 9.70. The predicted octanol–water partition coefficient (Wildman–Crippen LogP) is 2.69. The summed E-state index contributed by atoms with van der Waals surface area (Å²) < 4.78 is 0. The van der Waals surface area contributed by atoms with E-state index < -0.39 is 0 Å². The molecule has 0 aromatic heterocycles. The third-order valence-corrected chi connectivity index (χ3v) is 3.52. The van der Waals surface area contributed by atoms with E-state index in [1.165, 1.54) is 12.5 Å². The Morgan fingerprint density at radius 1 is 1.22 bits per heavy atom. The molecule has 1 fully saturated rings. The lowest BCUT2D eigenvalue weighted by atomic mass is 10.00. The monoisotopic (exact) mass is 248 g/mol. The summed E-state index contributed by atoms with van der Waals surface area (Å²) in [6.07, 6.45) is 5.15. The first-order valence-corrected chi connectivity index (χ1v) is 6.43. The highest BCUT2D eigenvalue weighted by Gasteiger charge is 2.22. The average molecular weight is 248 g/mol. The molecule has 0 bridgehead atoms. The van der Waals surface area contributed by atoms with Crippen molar-refractivity contribution in [2.24, 2.45) is 5.10 Å². The van der Waals surface area contributed by atoms with E-state index in [0.29, 0.717) is 17.6 Å². The minimum atomic E-state index is -0.112. The van der Waals surface area contributed by atoms with Crippen molar-refractivity contribution in [1.82, 2.24) is 5.01 Å². The van der Waals surface area contributed by atoms with Crippen molar-refractivity contribution in [2.45, 2.75) is 45.2 Å². The van der Waals surface area contributed by atoms with Crippen molar-refractivity contribution in [3.05, 3.63) is 23.8 Å². The Morgan fingerprint density at radius 3 is 2.56 bits per heavy atom. The summed E-state index contributed by atoms with van der Waals surface area (Å²) in [6, 6.07) is 5.73. The molecule has 1 heterocycles. The number of hydrogen-bond acceptors (Lipinski definition) is 4. The SMILES string of the molecule is C[C@@H]1CCC[C@H](C)N1/N=C/c1cccc(O)c1O. The maximum Gasteiger partial charge on any atom is 0.166 e. The third kappa shape index (κ3) is 2.58. The van der Waals surface area contributed by atoms with Crippen LogP contribution in [-0.2, 0) is 0 Å². The Hall–Kier alpha value is -1.71. The van der Waals surface area contributed by atoms with Gasteiger partial charge in [-0.3, -0.25) is 5.01 Å². The maximum absolute atomic E-state index is 9.70. The fraction of sp³-hybridized carbons (Fsp3) is 0.500. The van der Waals surface area contributed by atoms with Gasteiger partial charge in [0.1, 0.15) is 0 Å². The molecule has 0 aliphatic carbocycles. The molecule has 0 unspecified atom stereocenters. The zero-order valence-electron chi connectivity index (χ0n) is 10.9. The summed E-state index contributed by atoms with van der Waals surface area (Å²) in [5.41, 5.74) is 0.542. The van der Waals surface area contributed by atoms with Gasteiger partial charge in [0.15, 0.2) is 11.5 Å². The predicted molar refractivity (Wildman–Crippen MR) is 72.0 cm³/mol. The standard InChI is InChI=1S/C14H20N2O2/c1-10-5-3-6-11(2)16(10)15-9-12-7-4-8-13(17)14(12)18/h4,7-11,17-18H,3,5-6H2,1-2H3/b15-9+/t10-,11+. The molecule has 98 valence electrons. The summed E-state index contributed by atoms with van der Waals surface area (Å²) in [5, 5.41) is 25.6. The van der Waals surface area contributed by atoms with Crippen molar-refractivity contribution in [3.8, 4) is 11.5 Å². The Balaban J connectivity index is 2.16. The molecule has 2 N–H and O–H groups in total. The molecule has 2 atom stereocenters. The molecule has 0 amide bonds. The minimum absolute atomic E-state index is 0.112. The van der Waals surface area contributed by atoms with Gasteiger partial charge in [-0.15, -0.1) is 0 Å². The van der Waals surface area contributed by atoms with Gasteiger partial charge in [0, 0.05) is 17.6 Å². The second-order valence-corrected chi connectivity index (χ2v) is 4.97. The fourth-order valence-corrected chi connectivity index (χ4v) is 2.42. The fourth-order valence-electron chi connectivity index (χ4n) is 2.42. The van der Waals surface area contributed by atoms with Gasteiger partial charge in [0.25, 0.3) is 0 Å². The number of benzene rings is 1. The number of nitrogens with zero attached hydrogens (tertiary/aromatic N) is 2. The van der Waals surface area contributed by atoms with Gasteiger partial charge in [-0.2, -0.15) is 5.10 Å². The second-order valence-electron chi connectivity index (χ2n) is 4.97. The number of phenols is 2. The minimum Gasteiger partial charge on any atom is -0.504 e. The molecule has 0 radical (unpaired) electrons. The number of rotatable bonds is 2. The highest BCUT2D eigenvalue weighted by Crippen LogP contribution is 2.27. The molecular weight excluding hydrogens is 228 g/mol. The Bertz CT molecular complexity index is 435. The molecule has 4 heteroatoms. The van der Waals surface area contributed by atoms with Gasteiger partial charge in [0.05, 0.1) is 6.21 Å². The van der Waals surface area contributed by atoms with Crippen LogP contribution in [0.5, 0.6) is 11.5 Å². The van der Waals surface area contributed by atoms with Crippen molar-refractivity contribution >= 4 is 6.21 Å². The van der Waals surface area contributed by atoms with Crippen molar-refractivity contribution < 1.29 is 10.2 Å². The lowest BCUT2D eigenvalue weighted by Crippen LogP contribution is -2.39. The van der Waals surface area contributed by atoms with Crippen LogP contribution in [0.4, 0.5) is 0 Å². The van der Waals surface area contributed by atoms with Crippen molar-refractivity contribution in [1.29, 1.82) is 0 Å². The molecule has 4 nitrogen and oxygen atoms in total. The van der Waals surface area contributed by atoms with Gasteiger partial charge < -0.3 is 10.2 Å². The molecule has 1 aromatic rings. The lowest BCUT2D eigenvalue weighted by molar-refractivity contribution is 0.109. The molecule has 18 heavy (non-hydrogen) atoms. The smallest absolute Gasteiger partial charge is 0.166 e. The van der Waals surface area contributed by atoms with Gasteiger partial charge >= 0.3 is 0 Å². The van der Waals surface area contributed by atoms with E-state index in [1.807, 2.05) is 0 Å². The van der Waals surface area contributed by atoms with E-state index in [9.17, 15) is 10.2 Å². The largest absolute Gasteiger partial charge is 0.504 e. The average Bonchev–Trinajstić information content (AvgIpc) is 2.33. The molecule has 1 aliphatic rings. The number of hydrogen-bond donors (Lipinski definition) is 2. The number of phenolic OH excluding ortho intramolecular Hbond substituents is 2. The molecule has 2 rings (SSSR count). The van der Waals surface area contributed by atoms with Crippen LogP contribution in [0.25, 0.3) is 0 Å². The second kappa shape index (κ2) is 5.29. The highest BCUT2D eigenvalue weighted by atomic mass is 16.3. The molecule has 0 saturated carbocycles. The van der Waals surface area contributed by atoms with Crippen LogP contribution in [0.2, 0.25) is 0 Å². The quantitative estimate of drug-likeness (QED) is 0.625. The number of hydrazone groups is 1. The Kier molecular flexibility index (Phi) is 3.75. The Labute approximate surface area is 108 Å². The number of piperidine rings is 1. The van der Waals surface area contributed by atoms with Gasteiger partial charge in [0.2, 0.25) is 0 Å². The van der Waals surface area contributed by atoms with Crippen LogP contribution >= 0.6 is 0 Å². The van der Waals surface area contributed by atoms with Crippen LogP contribution in [-0.4, -0.2) is 33.5 Å². The van der Waals surface area contributed by atoms with Crippen LogP contribution in [0.15, 0.2) is 23.3 Å². The molecule has 1 saturated heterocycles. The first-order chi connectivity index (χ1) is 8.59. The van der Waals surface area contributed by atoms with E-state index in [-0.39, 0.29) is 11.5 Å². The molecular formula is C14H20N2O2. The van der Waals surface area contributed by atoms with Gasteiger partial charge in [-0.05, 0) is 45.2 Å². The third-order valence-electron chi connectivity index (χ3n) is 3.52. The first kappa shape index (κ1) is 12.7. The first-order valence-electron chi connectivity index (χ1n) is 6.43. The summed E-state index contributed by atoms with van der Waals surface area (Å²) in [6.45, 7) is 4.32. The zero-order chi connectivity index (χ0) is 13.1. The van der Waals surface area contributed by atoms with Gasteiger partial charge in [-0.25, -0.2) is 0 Å². The van der Waals surface area contributed by atoms with E-state index >= 15 is 0 Å². The van der Waals surface area contributed by atoms with E-state index in [4.69, 9.17) is 0 Å². The van der Waals surface area contributed by atoms with E-state index in [2.05, 4.69) is 24.0 Å².